The number of aromatic amines is 1. The third-order valence-electron chi connectivity index (χ3n) is 3.91. The molecule has 0 aliphatic rings. The number of pyridine rings is 1. The molecule has 132 valence electrons. The Hall–Kier alpha value is -3.55. The highest BCUT2D eigenvalue weighted by atomic mass is 16.6. The topological polar surface area (TPSA) is 106 Å². The van der Waals surface area contributed by atoms with Crippen LogP contribution in [0.3, 0.4) is 0 Å². The highest BCUT2D eigenvalue weighted by Gasteiger charge is 2.16. The van der Waals surface area contributed by atoms with Crippen LogP contribution in [-0.2, 0) is 0 Å². The summed E-state index contributed by atoms with van der Waals surface area (Å²) < 4.78 is 1.34. The Balaban J connectivity index is 2.03. The van der Waals surface area contributed by atoms with Gasteiger partial charge in [0, 0.05) is 23.5 Å². The van der Waals surface area contributed by atoms with Gasteiger partial charge in [-0.2, -0.15) is 0 Å². The van der Waals surface area contributed by atoms with Crippen LogP contribution in [0.25, 0.3) is 5.69 Å². The summed E-state index contributed by atoms with van der Waals surface area (Å²) in [6.45, 7) is 5.40. The van der Waals surface area contributed by atoms with Crippen LogP contribution < -0.4 is 5.56 Å². The molecule has 0 bridgehead atoms. The van der Waals surface area contributed by atoms with Crippen molar-refractivity contribution in [2.24, 2.45) is 4.99 Å². The van der Waals surface area contributed by atoms with Gasteiger partial charge >= 0.3 is 0 Å². The maximum Gasteiger partial charge on any atom is 0.280 e. The van der Waals surface area contributed by atoms with Crippen molar-refractivity contribution in [3.63, 3.8) is 0 Å². The zero-order valence-electron chi connectivity index (χ0n) is 14.6. The molecule has 8 nitrogen and oxygen atoms in total. The molecule has 0 spiro atoms. The fraction of sp³-hybridized carbons (Fsp3) is 0.167. The van der Waals surface area contributed by atoms with Crippen LogP contribution >= 0.6 is 0 Å². The summed E-state index contributed by atoms with van der Waals surface area (Å²) in [7, 11) is 0. The summed E-state index contributed by atoms with van der Waals surface area (Å²) in [5.74, 6) is 0.532. The third-order valence-corrected chi connectivity index (χ3v) is 3.91. The zero-order valence-corrected chi connectivity index (χ0v) is 14.6. The van der Waals surface area contributed by atoms with E-state index in [9.17, 15) is 14.9 Å². The van der Waals surface area contributed by atoms with Gasteiger partial charge in [-0.15, -0.1) is 0 Å². The van der Waals surface area contributed by atoms with E-state index >= 15 is 0 Å². The maximum absolute atomic E-state index is 12.8. The Labute approximate surface area is 149 Å². The Kier molecular flexibility index (Phi) is 4.49. The number of nitro groups is 1. The Morgan fingerprint density at radius 1 is 1.19 bits per heavy atom. The monoisotopic (exact) mass is 351 g/mol. The van der Waals surface area contributed by atoms with Crippen LogP contribution in [0, 0.1) is 24.0 Å². The number of H-pyrrole nitrogens is 1. The molecule has 0 saturated carbocycles. The van der Waals surface area contributed by atoms with Gasteiger partial charge in [0.15, 0.2) is 5.82 Å². The Morgan fingerprint density at radius 2 is 1.88 bits per heavy atom. The molecule has 0 aliphatic carbocycles. The molecule has 8 heteroatoms. The smallest absolute Gasteiger partial charge is 0.280 e. The molecule has 0 amide bonds. The van der Waals surface area contributed by atoms with Crippen LogP contribution in [0.2, 0.25) is 0 Å². The zero-order chi connectivity index (χ0) is 18.8. The summed E-state index contributed by atoms with van der Waals surface area (Å²) in [6, 6.07) is 11.3. The molecule has 1 aromatic carbocycles. The first-order valence-electron chi connectivity index (χ1n) is 7.92. The number of nitrogens with zero attached hydrogens (tertiary/aromatic N) is 4. The summed E-state index contributed by atoms with van der Waals surface area (Å²) in [5, 5.41) is 13.8. The minimum absolute atomic E-state index is 0.0337. The number of aromatic nitrogens is 3. The molecule has 0 unspecified atom stereocenters. The lowest BCUT2D eigenvalue weighted by molar-refractivity contribution is -0.384. The number of nitro benzene ring substituents is 1. The van der Waals surface area contributed by atoms with Gasteiger partial charge in [0.1, 0.15) is 0 Å². The van der Waals surface area contributed by atoms with E-state index < -0.39 is 4.92 Å². The molecule has 0 aliphatic heterocycles. The van der Waals surface area contributed by atoms with Crippen LogP contribution in [0.5, 0.6) is 0 Å². The first-order chi connectivity index (χ1) is 12.4. The fourth-order valence-electron chi connectivity index (χ4n) is 2.70. The number of non-ortho nitro benzene ring substituents is 1. The fourth-order valence-corrected chi connectivity index (χ4v) is 2.70. The van der Waals surface area contributed by atoms with Crippen LogP contribution in [0.4, 0.5) is 11.5 Å². The van der Waals surface area contributed by atoms with Crippen molar-refractivity contribution in [1.82, 2.24) is 14.8 Å². The average Bonchev–Trinajstić information content (AvgIpc) is 2.89. The molecule has 0 saturated heterocycles. The normalized spacial score (nSPS) is 11.6. The lowest BCUT2D eigenvalue weighted by Crippen LogP contribution is -2.19. The first kappa shape index (κ1) is 17.3. The summed E-state index contributed by atoms with van der Waals surface area (Å²) in [5.41, 5.74) is 2.69. The lowest BCUT2D eigenvalue weighted by atomic mass is 10.2. The van der Waals surface area contributed by atoms with E-state index in [4.69, 9.17) is 0 Å². The molecule has 0 atom stereocenters. The Morgan fingerprint density at radius 3 is 2.50 bits per heavy atom. The minimum atomic E-state index is -0.483. The number of aryl methyl sites for hydroxylation is 2. The lowest BCUT2D eigenvalue weighted by Gasteiger charge is -2.00. The number of hydrogen-bond acceptors (Lipinski definition) is 5. The van der Waals surface area contributed by atoms with Crippen molar-refractivity contribution in [3.05, 3.63) is 79.9 Å². The highest BCUT2D eigenvalue weighted by Crippen LogP contribution is 2.16. The number of nitrogens with one attached hydrogen (secondary N) is 1. The second-order valence-corrected chi connectivity index (χ2v) is 5.86. The van der Waals surface area contributed by atoms with E-state index in [1.807, 2.05) is 19.1 Å². The van der Waals surface area contributed by atoms with Crippen LogP contribution in [0.1, 0.15) is 23.9 Å². The molecule has 0 radical (unpaired) electrons. The van der Waals surface area contributed by atoms with E-state index in [0.717, 1.165) is 5.69 Å². The second-order valence-electron chi connectivity index (χ2n) is 5.86. The number of aliphatic imine (C=N–C) groups is 1. The van der Waals surface area contributed by atoms with Crippen LogP contribution in [-0.4, -0.2) is 25.4 Å². The van der Waals surface area contributed by atoms with E-state index in [2.05, 4.69) is 15.1 Å². The van der Waals surface area contributed by atoms with Gasteiger partial charge in [0.05, 0.1) is 21.9 Å². The van der Waals surface area contributed by atoms with Crippen molar-refractivity contribution in [2.75, 3.05) is 0 Å². The van der Waals surface area contributed by atoms with Crippen LogP contribution in [0.15, 0.2) is 52.3 Å². The minimum Gasteiger partial charge on any atom is -0.295 e. The van der Waals surface area contributed by atoms with E-state index in [0.29, 0.717) is 28.5 Å². The van der Waals surface area contributed by atoms with Gasteiger partial charge in [0.25, 0.3) is 11.2 Å². The molecule has 2 heterocycles. The molecular formula is C18H17N5O3. The van der Waals surface area contributed by atoms with Gasteiger partial charge in [-0.3, -0.25) is 20.0 Å². The number of benzene rings is 1. The van der Waals surface area contributed by atoms with Crippen molar-refractivity contribution in [1.29, 1.82) is 0 Å². The van der Waals surface area contributed by atoms with E-state index in [1.54, 1.807) is 19.9 Å². The van der Waals surface area contributed by atoms with Crippen molar-refractivity contribution >= 4 is 17.2 Å². The quantitative estimate of drug-likeness (QED) is 0.442. The maximum atomic E-state index is 12.8. The predicted molar refractivity (Wildman–Crippen MR) is 98.6 cm³/mol. The number of hydrogen-bond donors (Lipinski definition) is 1. The van der Waals surface area contributed by atoms with E-state index in [1.165, 1.54) is 28.9 Å². The summed E-state index contributed by atoms with van der Waals surface area (Å²) in [4.78, 5) is 31.8. The molecule has 3 rings (SSSR count). The molecular weight excluding hydrogens is 334 g/mol. The largest absolute Gasteiger partial charge is 0.295 e. The first-order valence-corrected chi connectivity index (χ1v) is 7.92. The molecule has 26 heavy (non-hydrogen) atoms. The molecule has 1 N–H and O–H groups in total. The third kappa shape index (κ3) is 3.30. The standard InChI is InChI=1S/C18H17N5O3/c1-11-5-4-6-16(19-11)20-12(2)17-13(3)21-22(18(17)24)14-7-9-15(10-8-14)23(25)26/h4-10,21H,1-3H3/b20-12-. The summed E-state index contributed by atoms with van der Waals surface area (Å²) in [6.07, 6.45) is 0. The van der Waals surface area contributed by atoms with Gasteiger partial charge in [-0.05, 0) is 45.0 Å². The van der Waals surface area contributed by atoms with Gasteiger partial charge in [0.2, 0.25) is 0 Å². The van der Waals surface area contributed by atoms with Crippen molar-refractivity contribution < 1.29 is 4.92 Å². The van der Waals surface area contributed by atoms with Gasteiger partial charge in [-0.25, -0.2) is 14.7 Å². The summed E-state index contributed by atoms with van der Waals surface area (Å²) >= 11 is 0. The molecule has 2 aromatic heterocycles. The predicted octanol–water partition coefficient (Wildman–Crippen LogP) is 3.23. The highest BCUT2D eigenvalue weighted by molar-refractivity contribution is 6.00. The number of rotatable bonds is 4. The van der Waals surface area contributed by atoms with Gasteiger partial charge < -0.3 is 0 Å². The second kappa shape index (κ2) is 6.75. The Bertz CT molecular complexity index is 1060. The van der Waals surface area contributed by atoms with E-state index in [-0.39, 0.29) is 11.2 Å². The average molecular weight is 351 g/mol. The SMILES string of the molecule is C/C(=N/c1cccc(C)n1)c1c(C)[nH]n(-c2ccc([N+](=O)[O-])cc2)c1=O. The van der Waals surface area contributed by atoms with Crippen molar-refractivity contribution in [3.8, 4) is 5.69 Å². The molecule has 0 fully saturated rings. The van der Waals surface area contributed by atoms with Gasteiger partial charge in [-0.1, -0.05) is 6.07 Å². The van der Waals surface area contributed by atoms with Crippen molar-refractivity contribution in [2.45, 2.75) is 20.8 Å². The molecule has 3 aromatic rings.